The van der Waals surface area contributed by atoms with Gasteiger partial charge in [-0.05, 0) is 31.2 Å². The van der Waals surface area contributed by atoms with E-state index in [9.17, 15) is 5.11 Å². The largest absolute Gasteiger partial charge is 0.491 e. The third-order valence-electron chi connectivity index (χ3n) is 5.93. The highest BCUT2D eigenvalue weighted by Crippen LogP contribution is 2.28. The molecule has 178 valence electrons. The number of aryl methyl sites for hydroxylation is 1. The molecule has 3 heterocycles. The average Bonchev–Trinajstić information content (AvgIpc) is 3.44. The molecule has 2 aromatic carbocycles. The molecule has 0 saturated carbocycles. The van der Waals surface area contributed by atoms with Crippen molar-refractivity contribution in [3.8, 4) is 17.1 Å². The number of β-amino-alcohol motifs (C(OH)–C–C–N with tert-alkyl or cyclic N) is 1. The highest BCUT2D eigenvalue weighted by atomic mass is 35.5. The number of benzene rings is 2. The fourth-order valence-electron chi connectivity index (χ4n) is 4.19. The smallest absolute Gasteiger partial charge is 0.168 e. The molecule has 1 saturated heterocycles. The van der Waals surface area contributed by atoms with Gasteiger partial charge < -0.3 is 14.4 Å². The van der Waals surface area contributed by atoms with Gasteiger partial charge in [-0.1, -0.05) is 28.9 Å². The van der Waals surface area contributed by atoms with Gasteiger partial charge in [0.05, 0.1) is 25.9 Å². The SMILES string of the molecule is Cc1nc2cc(OC[C@H](O)CN3CCN(Cc4cc(-c5ccccc5Cl)on4)CC3)ccc2s1. The molecule has 0 bridgehead atoms. The van der Waals surface area contributed by atoms with E-state index in [0.29, 0.717) is 17.3 Å². The number of fused-ring (bicyclic) bond motifs is 1. The van der Waals surface area contributed by atoms with Gasteiger partial charge in [-0.15, -0.1) is 11.3 Å². The molecule has 5 rings (SSSR count). The Labute approximate surface area is 207 Å². The predicted molar refractivity (Wildman–Crippen MR) is 135 cm³/mol. The van der Waals surface area contributed by atoms with Gasteiger partial charge in [-0.2, -0.15) is 0 Å². The Hall–Kier alpha value is -2.49. The van der Waals surface area contributed by atoms with Crippen molar-refractivity contribution in [3.63, 3.8) is 0 Å². The highest BCUT2D eigenvalue weighted by molar-refractivity contribution is 7.18. The molecule has 2 aromatic heterocycles. The first-order valence-corrected chi connectivity index (χ1v) is 12.6. The minimum Gasteiger partial charge on any atom is -0.491 e. The summed E-state index contributed by atoms with van der Waals surface area (Å²) < 4.78 is 12.5. The maximum atomic E-state index is 10.5. The zero-order valence-corrected chi connectivity index (χ0v) is 20.6. The van der Waals surface area contributed by atoms with Gasteiger partial charge in [0, 0.05) is 57.0 Å². The van der Waals surface area contributed by atoms with Gasteiger partial charge in [-0.3, -0.25) is 9.80 Å². The van der Waals surface area contributed by atoms with Crippen LogP contribution in [0.5, 0.6) is 5.75 Å². The first kappa shape index (κ1) is 23.3. The van der Waals surface area contributed by atoms with Crippen LogP contribution in [0.3, 0.4) is 0 Å². The molecule has 34 heavy (non-hydrogen) atoms. The van der Waals surface area contributed by atoms with E-state index in [1.807, 2.05) is 55.5 Å². The summed E-state index contributed by atoms with van der Waals surface area (Å²) in [5.74, 6) is 1.43. The number of thiazole rings is 1. The van der Waals surface area contributed by atoms with Crippen LogP contribution in [0.4, 0.5) is 0 Å². The second-order valence-corrected chi connectivity index (χ2v) is 10.2. The number of aliphatic hydroxyl groups excluding tert-OH is 1. The van der Waals surface area contributed by atoms with Crippen molar-refractivity contribution in [3.05, 3.63) is 64.3 Å². The lowest BCUT2D eigenvalue weighted by molar-refractivity contribution is 0.0442. The number of ether oxygens (including phenoxy) is 1. The van der Waals surface area contributed by atoms with Gasteiger partial charge in [0.15, 0.2) is 5.76 Å². The molecule has 1 atom stereocenters. The highest BCUT2D eigenvalue weighted by Gasteiger charge is 2.21. The molecule has 0 radical (unpaired) electrons. The van der Waals surface area contributed by atoms with Crippen molar-refractivity contribution in [1.29, 1.82) is 0 Å². The lowest BCUT2D eigenvalue weighted by Gasteiger charge is -2.35. The Balaban J connectivity index is 1.06. The summed E-state index contributed by atoms with van der Waals surface area (Å²) in [6.07, 6.45) is -0.548. The summed E-state index contributed by atoms with van der Waals surface area (Å²) >= 11 is 7.93. The Morgan fingerprint density at radius 3 is 2.74 bits per heavy atom. The molecule has 1 aliphatic heterocycles. The van der Waals surface area contributed by atoms with Gasteiger partial charge in [0.2, 0.25) is 0 Å². The van der Waals surface area contributed by atoms with Gasteiger partial charge >= 0.3 is 0 Å². The zero-order valence-electron chi connectivity index (χ0n) is 19.0. The minimum atomic E-state index is -0.548. The van der Waals surface area contributed by atoms with Crippen molar-refractivity contribution >= 4 is 33.2 Å². The predicted octanol–water partition coefficient (Wildman–Crippen LogP) is 4.47. The number of piperazine rings is 1. The number of aliphatic hydroxyl groups is 1. The van der Waals surface area contributed by atoms with Crippen LogP contribution in [0, 0.1) is 6.92 Å². The molecule has 0 amide bonds. The lowest BCUT2D eigenvalue weighted by Crippen LogP contribution is -2.48. The van der Waals surface area contributed by atoms with Gasteiger partial charge in [0.25, 0.3) is 0 Å². The second kappa shape index (κ2) is 10.4. The molecule has 0 unspecified atom stereocenters. The summed E-state index contributed by atoms with van der Waals surface area (Å²) in [7, 11) is 0. The van der Waals surface area contributed by atoms with E-state index in [2.05, 4.69) is 19.9 Å². The normalized spacial score (nSPS) is 16.2. The van der Waals surface area contributed by atoms with E-state index in [1.54, 1.807) is 11.3 Å². The molecule has 9 heteroatoms. The molecule has 7 nitrogen and oxygen atoms in total. The Kier molecular flexibility index (Phi) is 7.12. The molecule has 0 spiro atoms. The molecule has 1 aliphatic rings. The number of hydrogen-bond donors (Lipinski definition) is 1. The van der Waals surface area contributed by atoms with Crippen LogP contribution in [0.15, 0.2) is 53.1 Å². The maximum absolute atomic E-state index is 10.5. The van der Waals surface area contributed by atoms with Crippen LogP contribution in [-0.2, 0) is 6.54 Å². The average molecular weight is 499 g/mol. The quantitative estimate of drug-likeness (QED) is 0.384. The fraction of sp³-hybridized carbons (Fsp3) is 0.360. The van der Waals surface area contributed by atoms with E-state index >= 15 is 0 Å². The molecule has 0 aliphatic carbocycles. The molecular weight excluding hydrogens is 472 g/mol. The van der Waals surface area contributed by atoms with Crippen LogP contribution in [-0.4, -0.2) is 70.5 Å². The van der Waals surface area contributed by atoms with E-state index in [1.165, 1.54) is 0 Å². The summed E-state index contributed by atoms with van der Waals surface area (Å²) in [6.45, 7) is 7.16. The van der Waals surface area contributed by atoms with Crippen LogP contribution in [0.25, 0.3) is 21.5 Å². The Morgan fingerprint density at radius 1 is 1.12 bits per heavy atom. The second-order valence-electron chi connectivity index (χ2n) is 8.57. The first-order chi connectivity index (χ1) is 16.5. The van der Waals surface area contributed by atoms with E-state index in [4.69, 9.17) is 20.9 Å². The van der Waals surface area contributed by atoms with Crippen molar-refractivity contribution in [2.75, 3.05) is 39.3 Å². The molecule has 1 fully saturated rings. The fourth-order valence-corrected chi connectivity index (χ4v) is 5.23. The third-order valence-corrected chi connectivity index (χ3v) is 7.21. The molecule has 4 aromatic rings. The maximum Gasteiger partial charge on any atom is 0.168 e. The monoisotopic (exact) mass is 498 g/mol. The van der Waals surface area contributed by atoms with Crippen LogP contribution in [0.2, 0.25) is 5.02 Å². The van der Waals surface area contributed by atoms with E-state index in [-0.39, 0.29) is 6.61 Å². The third kappa shape index (κ3) is 5.59. The zero-order chi connectivity index (χ0) is 23.5. The standard InChI is InChI=1S/C25H27ClN4O3S/c1-17-27-23-13-20(6-7-25(23)34-17)32-16-19(31)15-30-10-8-29(9-11-30)14-18-12-24(33-28-18)21-4-2-3-5-22(21)26/h2-7,12-13,19,31H,8-11,14-16H2,1H3/t19-/m1/s1. The molecule has 1 N–H and O–H groups in total. The van der Waals surface area contributed by atoms with Crippen LogP contribution >= 0.6 is 22.9 Å². The number of nitrogens with zero attached hydrogens (tertiary/aromatic N) is 4. The van der Waals surface area contributed by atoms with Crippen molar-refractivity contribution < 1.29 is 14.4 Å². The summed E-state index contributed by atoms with van der Waals surface area (Å²) in [5.41, 5.74) is 2.69. The first-order valence-electron chi connectivity index (χ1n) is 11.4. The van der Waals surface area contributed by atoms with E-state index < -0.39 is 6.10 Å². The van der Waals surface area contributed by atoms with Crippen molar-refractivity contribution in [2.45, 2.75) is 19.6 Å². The number of rotatable bonds is 8. The minimum absolute atomic E-state index is 0.263. The lowest BCUT2D eigenvalue weighted by atomic mass is 10.1. The van der Waals surface area contributed by atoms with Gasteiger partial charge in [-0.25, -0.2) is 4.98 Å². The number of halogens is 1. The summed E-state index contributed by atoms with van der Waals surface area (Å²) in [5, 5.41) is 16.4. The van der Waals surface area contributed by atoms with Gasteiger partial charge in [0.1, 0.15) is 18.5 Å². The topological polar surface area (TPSA) is 74.9 Å². The number of aromatic nitrogens is 2. The van der Waals surface area contributed by atoms with Crippen molar-refractivity contribution in [2.24, 2.45) is 0 Å². The molecular formula is C25H27ClN4O3S. The number of hydrogen-bond acceptors (Lipinski definition) is 8. The van der Waals surface area contributed by atoms with Crippen molar-refractivity contribution in [1.82, 2.24) is 19.9 Å². The van der Waals surface area contributed by atoms with E-state index in [0.717, 1.165) is 65.0 Å². The Morgan fingerprint density at radius 2 is 1.91 bits per heavy atom. The Bertz CT molecular complexity index is 1250. The summed E-state index contributed by atoms with van der Waals surface area (Å²) in [6, 6.07) is 15.5. The summed E-state index contributed by atoms with van der Waals surface area (Å²) in [4.78, 5) is 9.12. The van der Waals surface area contributed by atoms with Crippen LogP contribution < -0.4 is 4.74 Å². The van der Waals surface area contributed by atoms with Crippen LogP contribution in [0.1, 0.15) is 10.7 Å².